The monoisotopic (exact) mass is 316 g/mol. The summed E-state index contributed by atoms with van der Waals surface area (Å²) in [6, 6.07) is 13.4. The van der Waals surface area contributed by atoms with Gasteiger partial charge in [0.05, 0.1) is 23.2 Å². The van der Waals surface area contributed by atoms with Crippen LogP contribution in [0.5, 0.6) is 5.75 Å². The maximum Gasteiger partial charge on any atom is 0.135 e. The Hall–Kier alpha value is -1.91. The molecule has 3 rings (SSSR count). The number of methoxy groups -OCH3 is 1. The number of rotatable bonds is 3. The third-order valence-corrected chi connectivity index (χ3v) is 4.42. The Morgan fingerprint density at radius 3 is 2.81 bits per heavy atom. The first-order valence-corrected chi connectivity index (χ1v) is 7.53. The number of hydrogen-bond donors (Lipinski definition) is 1. The van der Waals surface area contributed by atoms with E-state index < -0.39 is 0 Å². The molecule has 2 N–H and O–H groups in total. The maximum atomic E-state index is 6.05. The van der Waals surface area contributed by atoms with E-state index in [9.17, 15) is 0 Å². The first kappa shape index (κ1) is 14.0. The molecule has 0 aliphatic carbocycles. The average molecular weight is 317 g/mol. The van der Waals surface area contributed by atoms with Gasteiger partial charge in [-0.2, -0.15) is 0 Å². The van der Waals surface area contributed by atoms with Gasteiger partial charge in [-0.1, -0.05) is 29.4 Å². The third kappa shape index (κ3) is 2.77. The van der Waals surface area contributed by atoms with Crippen LogP contribution < -0.4 is 10.5 Å². The molecule has 0 amide bonds. The number of halogens is 1. The fraction of sp³-hybridized carbons (Fsp3) is 0.0625. The summed E-state index contributed by atoms with van der Waals surface area (Å²) in [5, 5.41) is 1.68. The van der Waals surface area contributed by atoms with Gasteiger partial charge in [0.15, 0.2) is 0 Å². The van der Waals surface area contributed by atoms with Gasteiger partial charge in [0, 0.05) is 27.6 Å². The quantitative estimate of drug-likeness (QED) is 0.716. The van der Waals surface area contributed by atoms with Crippen molar-refractivity contribution in [3.63, 3.8) is 0 Å². The molecule has 5 heteroatoms. The van der Waals surface area contributed by atoms with E-state index in [2.05, 4.69) is 4.98 Å². The fourth-order valence-corrected chi connectivity index (χ4v) is 3.47. The molecule has 0 saturated heterocycles. The van der Waals surface area contributed by atoms with E-state index >= 15 is 0 Å². The number of anilines is 1. The lowest BCUT2D eigenvalue weighted by Gasteiger charge is -2.13. The van der Waals surface area contributed by atoms with Crippen LogP contribution in [0.25, 0.3) is 10.9 Å². The molecule has 21 heavy (non-hydrogen) atoms. The molecule has 0 atom stereocenters. The molecule has 0 aliphatic rings. The lowest BCUT2D eigenvalue weighted by Crippen LogP contribution is -1.95. The Bertz CT molecular complexity index is 807. The summed E-state index contributed by atoms with van der Waals surface area (Å²) >= 11 is 7.64. The fourth-order valence-electron chi connectivity index (χ4n) is 2.13. The second-order valence-corrected chi connectivity index (χ2v) is 5.98. The van der Waals surface area contributed by atoms with Crippen LogP contribution in [0.4, 0.5) is 5.69 Å². The molecule has 0 fully saturated rings. The minimum absolute atomic E-state index is 0.609. The van der Waals surface area contributed by atoms with E-state index in [4.69, 9.17) is 22.1 Å². The number of benzene rings is 2. The largest absolute Gasteiger partial charge is 0.495 e. The minimum atomic E-state index is 0.609. The topological polar surface area (TPSA) is 48.1 Å². The highest BCUT2D eigenvalue weighted by molar-refractivity contribution is 7.99. The van der Waals surface area contributed by atoms with Gasteiger partial charge in [0.25, 0.3) is 0 Å². The highest BCUT2D eigenvalue weighted by Crippen LogP contribution is 2.42. The van der Waals surface area contributed by atoms with Crippen molar-refractivity contribution in [2.45, 2.75) is 9.79 Å². The van der Waals surface area contributed by atoms with Crippen molar-refractivity contribution in [1.82, 2.24) is 4.98 Å². The normalized spacial score (nSPS) is 10.8. The van der Waals surface area contributed by atoms with Crippen LogP contribution in [0, 0.1) is 0 Å². The SMILES string of the molecule is COc1cc(N)c2ncccc2c1Sc1cccc(Cl)c1. The second kappa shape index (κ2) is 5.84. The van der Waals surface area contributed by atoms with Crippen molar-refractivity contribution in [2.24, 2.45) is 0 Å². The Labute approximate surface area is 132 Å². The molecule has 1 heterocycles. The smallest absolute Gasteiger partial charge is 0.135 e. The van der Waals surface area contributed by atoms with Gasteiger partial charge in [-0.15, -0.1) is 0 Å². The number of nitrogens with zero attached hydrogens (tertiary/aromatic N) is 1. The first-order valence-electron chi connectivity index (χ1n) is 6.33. The summed E-state index contributed by atoms with van der Waals surface area (Å²) in [6.07, 6.45) is 1.74. The van der Waals surface area contributed by atoms with E-state index in [0.717, 1.165) is 26.4 Å². The number of ether oxygens (including phenoxy) is 1. The highest BCUT2D eigenvalue weighted by atomic mass is 35.5. The van der Waals surface area contributed by atoms with Crippen molar-refractivity contribution in [1.29, 1.82) is 0 Å². The van der Waals surface area contributed by atoms with Crippen LogP contribution in [0.2, 0.25) is 5.02 Å². The molecule has 0 unspecified atom stereocenters. The van der Waals surface area contributed by atoms with Crippen molar-refractivity contribution in [3.05, 3.63) is 53.7 Å². The molecule has 0 saturated carbocycles. The molecule has 106 valence electrons. The van der Waals surface area contributed by atoms with E-state index in [-0.39, 0.29) is 0 Å². The Morgan fingerprint density at radius 2 is 2.05 bits per heavy atom. The van der Waals surface area contributed by atoms with Gasteiger partial charge in [0.1, 0.15) is 5.75 Å². The lowest BCUT2D eigenvalue weighted by molar-refractivity contribution is 0.406. The van der Waals surface area contributed by atoms with E-state index in [1.165, 1.54) is 0 Å². The van der Waals surface area contributed by atoms with Crippen molar-refractivity contribution in [3.8, 4) is 5.75 Å². The number of pyridine rings is 1. The number of nitrogen functional groups attached to an aromatic ring is 1. The van der Waals surface area contributed by atoms with E-state index in [1.807, 2.05) is 42.5 Å². The maximum absolute atomic E-state index is 6.05. The van der Waals surface area contributed by atoms with Crippen LogP contribution in [0.15, 0.2) is 58.5 Å². The standard InChI is InChI=1S/C16H13ClN2OS/c1-20-14-9-13(18)15-12(6-3-7-19-15)16(14)21-11-5-2-4-10(17)8-11/h2-9H,18H2,1H3. The van der Waals surface area contributed by atoms with Crippen molar-refractivity contribution >= 4 is 40.0 Å². The van der Waals surface area contributed by atoms with Gasteiger partial charge < -0.3 is 10.5 Å². The molecule has 0 radical (unpaired) electrons. The Kier molecular flexibility index (Phi) is 3.90. The average Bonchev–Trinajstić information content (AvgIpc) is 2.50. The molecule has 0 bridgehead atoms. The summed E-state index contributed by atoms with van der Waals surface area (Å²) in [5.41, 5.74) is 7.44. The highest BCUT2D eigenvalue weighted by Gasteiger charge is 2.13. The van der Waals surface area contributed by atoms with Crippen LogP contribution >= 0.6 is 23.4 Å². The zero-order valence-electron chi connectivity index (χ0n) is 11.3. The third-order valence-electron chi connectivity index (χ3n) is 3.07. The Balaban J connectivity index is 2.18. The van der Waals surface area contributed by atoms with Crippen molar-refractivity contribution in [2.75, 3.05) is 12.8 Å². The molecule has 2 aromatic carbocycles. The predicted molar refractivity (Wildman–Crippen MR) is 88.3 cm³/mol. The van der Waals surface area contributed by atoms with Gasteiger partial charge in [-0.25, -0.2) is 0 Å². The molecular formula is C16H13ClN2OS. The van der Waals surface area contributed by atoms with Crippen molar-refractivity contribution < 1.29 is 4.74 Å². The van der Waals surface area contributed by atoms with Crippen LogP contribution in [0.3, 0.4) is 0 Å². The summed E-state index contributed by atoms with van der Waals surface area (Å²) in [5.74, 6) is 0.734. The number of nitrogens with two attached hydrogens (primary N) is 1. The second-order valence-electron chi connectivity index (χ2n) is 4.46. The first-order chi connectivity index (χ1) is 10.2. The lowest BCUT2D eigenvalue weighted by atomic mass is 10.2. The van der Waals surface area contributed by atoms with Gasteiger partial charge in [-0.05, 0) is 30.3 Å². The zero-order chi connectivity index (χ0) is 14.8. The molecule has 3 nitrogen and oxygen atoms in total. The van der Waals surface area contributed by atoms with Crippen LogP contribution in [-0.4, -0.2) is 12.1 Å². The minimum Gasteiger partial charge on any atom is -0.495 e. The van der Waals surface area contributed by atoms with E-state index in [1.54, 1.807) is 25.1 Å². The van der Waals surface area contributed by atoms with Gasteiger partial charge in [-0.3, -0.25) is 4.98 Å². The molecular weight excluding hydrogens is 304 g/mol. The molecule has 3 aromatic rings. The summed E-state index contributed by atoms with van der Waals surface area (Å²) in [6.45, 7) is 0. The molecule has 0 aliphatic heterocycles. The number of aromatic nitrogens is 1. The predicted octanol–water partition coefficient (Wildman–Crippen LogP) is 4.63. The van der Waals surface area contributed by atoms with Gasteiger partial charge >= 0.3 is 0 Å². The van der Waals surface area contributed by atoms with Crippen LogP contribution in [0.1, 0.15) is 0 Å². The summed E-state index contributed by atoms with van der Waals surface area (Å²) in [7, 11) is 1.64. The summed E-state index contributed by atoms with van der Waals surface area (Å²) in [4.78, 5) is 6.38. The molecule has 1 aromatic heterocycles. The van der Waals surface area contributed by atoms with E-state index in [0.29, 0.717) is 10.7 Å². The van der Waals surface area contributed by atoms with Gasteiger partial charge in [0.2, 0.25) is 0 Å². The Morgan fingerprint density at radius 1 is 1.19 bits per heavy atom. The molecule has 0 spiro atoms. The number of hydrogen-bond acceptors (Lipinski definition) is 4. The number of fused-ring (bicyclic) bond motifs is 1. The van der Waals surface area contributed by atoms with Crippen LogP contribution in [-0.2, 0) is 0 Å². The zero-order valence-corrected chi connectivity index (χ0v) is 12.9. The summed E-state index contributed by atoms with van der Waals surface area (Å²) < 4.78 is 5.48.